The minimum atomic E-state index is 0.978. The lowest BCUT2D eigenvalue weighted by Crippen LogP contribution is -1.94. The van der Waals surface area contributed by atoms with E-state index >= 15 is 0 Å². The van der Waals surface area contributed by atoms with E-state index in [1.807, 2.05) is 42.7 Å². The van der Waals surface area contributed by atoms with Crippen LogP contribution in [0.5, 0.6) is 0 Å². The van der Waals surface area contributed by atoms with Crippen molar-refractivity contribution >= 4 is 12.3 Å². The molecular formula is C13H11N3. The quantitative estimate of drug-likeness (QED) is 0.789. The molecule has 0 spiro atoms. The number of allylic oxidation sites excluding steroid dienone is 2. The van der Waals surface area contributed by atoms with Gasteiger partial charge in [-0.05, 0) is 42.5 Å². The molecule has 16 heavy (non-hydrogen) atoms. The second kappa shape index (κ2) is 3.70. The Labute approximate surface area is 93.5 Å². The van der Waals surface area contributed by atoms with Crippen molar-refractivity contribution in [3.63, 3.8) is 0 Å². The molecule has 0 radical (unpaired) electrons. The number of rotatable bonds is 2. The van der Waals surface area contributed by atoms with Gasteiger partial charge in [-0.3, -0.25) is 4.99 Å². The number of aromatic amines is 1. The molecule has 78 valence electrons. The summed E-state index contributed by atoms with van der Waals surface area (Å²) in [7, 11) is 0. The molecule has 0 aromatic carbocycles. The van der Waals surface area contributed by atoms with E-state index in [1.165, 1.54) is 0 Å². The van der Waals surface area contributed by atoms with Gasteiger partial charge in [0.2, 0.25) is 0 Å². The first-order chi connectivity index (χ1) is 7.93. The summed E-state index contributed by atoms with van der Waals surface area (Å²) in [5.74, 6) is 1.06. The number of hydrogen-bond acceptors (Lipinski definition) is 1. The molecule has 0 atom stereocenters. The van der Waals surface area contributed by atoms with Gasteiger partial charge in [0.1, 0.15) is 5.82 Å². The fraction of sp³-hybridized carbons (Fsp3) is 0. The standard InChI is InChI=1S/C13H11N3/c1-4-11(14-7-1)10-12-5-3-9-16(12)13-6-2-8-15-13/h1-10,15H/b11-10-. The Hall–Kier alpha value is -2.29. The van der Waals surface area contributed by atoms with Gasteiger partial charge in [0.05, 0.1) is 5.70 Å². The SMILES string of the molecule is C1=C/C(=C/c2cccn2-c2ccc[nH]2)N=C1. The predicted molar refractivity (Wildman–Crippen MR) is 65.7 cm³/mol. The van der Waals surface area contributed by atoms with E-state index in [4.69, 9.17) is 0 Å². The normalized spacial score (nSPS) is 16.4. The van der Waals surface area contributed by atoms with Crippen molar-refractivity contribution < 1.29 is 0 Å². The molecule has 0 bridgehead atoms. The number of hydrogen-bond donors (Lipinski definition) is 1. The van der Waals surface area contributed by atoms with Crippen LogP contribution in [-0.2, 0) is 0 Å². The van der Waals surface area contributed by atoms with Gasteiger partial charge in [-0.15, -0.1) is 0 Å². The van der Waals surface area contributed by atoms with Gasteiger partial charge in [-0.1, -0.05) is 0 Å². The minimum absolute atomic E-state index is 0.978. The van der Waals surface area contributed by atoms with Crippen LogP contribution in [0.3, 0.4) is 0 Å². The van der Waals surface area contributed by atoms with Crippen molar-refractivity contribution in [2.75, 3.05) is 0 Å². The molecule has 3 heterocycles. The van der Waals surface area contributed by atoms with Crippen molar-refractivity contribution in [3.8, 4) is 5.82 Å². The Morgan fingerprint density at radius 2 is 2.25 bits per heavy atom. The first kappa shape index (κ1) is 8.97. The smallest absolute Gasteiger partial charge is 0.114 e. The van der Waals surface area contributed by atoms with E-state index in [9.17, 15) is 0 Å². The molecule has 2 aromatic heterocycles. The van der Waals surface area contributed by atoms with Crippen LogP contribution in [0.2, 0.25) is 0 Å². The van der Waals surface area contributed by atoms with Crippen LogP contribution in [0.4, 0.5) is 0 Å². The number of aromatic nitrogens is 2. The van der Waals surface area contributed by atoms with Gasteiger partial charge in [0, 0.05) is 24.3 Å². The molecule has 0 saturated carbocycles. The first-order valence-electron chi connectivity index (χ1n) is 5.17. The summed E-state index contributed by atoms with van der Waals surface area (Å²) in [5, 5.41) is 0. The van der Waals surface area contributed by atoms with Gasteiger partial charge < -0.3 is 9.55 Å². The molecule has 1 aliphatic rings. The molecule has 0 aliphatic carbocycles. The van der Waals surface area contributed by atoms with E-state index in [-0.39, 0.29) is 0 Å². The summed E-state index contributed by atoms with van der Waals surface area (Å²) < 4.78 is 2.09. The third-order valence-electron chi connectivity index (χ3n) is 2.49. The minimum Gasteiger partial charge on any atom is -0.348 e. The van der Waals surface area contributed by atoms with Crippen LogP contribution in [-0.4, -0.2) is 15.8 Å². The average molecular weight is 209 g/mol. The second-order valence-electron chi connectivity index (χ2n) is 3.56. The topological polar surface area (TPSA) is 33.1 Å². The highest BCUT2D eigenvalue weighted by Gasteiger charge is 2.02. The maximum absolute atomic E-state index is 4.23. The fourth-order valence-corrected chi connectivity index (χ4v) is 1.75. The maximum atomic E-state index is 4.23. The van der Waals surface area contributed by atoms with E-state index < -0.39 is 0 Å². The Morgan fingerprint density at radius 1 is 1.25 bits per heavy atom. The van der Waals surface area contributed by atoms with Crippen molar-refractivity contribution in [2.24, 2.45) is 4.99 Å². The largest absolute Gasteiger partial charge is 0.348 e. The summed E-state index contributed by atoms with van der Waals surface area (Å²) in [5.41, 5.74) is 2.09. The van der Waals surface area contributed by atoms with Crippen LogP contribution in [0.1, 0.15) is 5.69 Å². The summed E-state index contributed by atoms with van der Waals surface area (Å²) in [6, 6.07) is 8.11. The Balaban J connectivity index is 2.03. The van der Waals surface area contributed by atoms with E-state index in [0.717, 1.165) is 17.2 Å². The van der Waals surface area contributed by atoms with Gasteiger partial charge in [-0.2, -0.15) is 0 Å². The number of aliphatic imine (C=N–C) groups is 1. The van der Waals surface area contributed by atoms with Crippen LogP contribution < -0.4 is 0 Å². The maximum Gasteiger partial charge on any atom is 0.114 e. The zero-order valence-electron chi connectivity index (χ0n) is 8.67. The molecular weight excluding hydrogens is 198 g/mol. The van der Waals surface area contributed by atoms with E-state index in [0.29, 0.717) is 0 Å². The molecule has 3 heteroatoms. The molecule has 1 N–H and O–H groups in total. The van der Waals surface area contributed by atoms with Crippen LogP contribution in [0.15, 0.2) is 59.5 Å². The zero-order chi connectivity index (χ0) is 10.8. The third kappa shape index (κ3) is 1.52. The van der Waals surface area contributed by atoms with Crippen molar-refractivity contribution in [2.45, 2.75) is 0 Å². The molecule has 0 unspecified atom stereocenters. The van der Waals surface area contributed by atoms with E-state index in [2.05, 4.69) is 26.7 Å². The zero-order valence-corrected chi connectivity index (χ0v) is 8.67. The lowest BCUT2D eigenvalue weighted by atomic mass is 10.3. The van der Waals surface area contributed by atoms with Crippen LogP contribution in [0, 0.1) is 0 Å². The Bertz CT molecular complexity index is 554. The number of nitrogens with one attached hydrogen (secondary N) is 1. The molecule has 0 fully saturated rings. The Morgan fingerprint density at radius 3 is 3.00 bits per heavy atom. The molecule has 1 aliphatic heterocycles. The highest BCUT2D eigenvalue weighted by molar-refractivity contribution is 5.79. The lowest BCUT2D eigenvalue weighted by Gasteiger charge is -2.03. The summed E-state index contributed by atoms with van der Waals surface area (Å²) in [4.78, 5) is 7.42. The van der Waals surface area contributed by atoms with Gasteiger partial charge >= 0.3 is 0 Å². The molecule has 0 saturated heterocycles. The third-order valence-corrected chi connectivity index (χ3v) is 2.49. The fourth-order valence-electron chi connectivity index (χ4n) is 1.75. The van der Waals surface area contributed by atoms with Crippen LogP contribution in [0.25, 0.3) is 11.9 Å². The van der Waals surface area contributed by atoms with Gasteiger partial charge in [-0.25, -0.2) is 0 Å². The van der Waals surface area contributed by atoms with Crippen LogP contribution >= 0.6 is 0 Å². The highest BCUT2D eigenvalue weighted by atomic mass is 15.1. The number of nitrogens with zero attached hydrogens (tertiary/aromatic N) is 2. The van der Waals surface area contributed by atoms with Gasteiger partial charge in [0.25, 0.3) is 0 Å². The van der Waals surface area contributed by atoms with Gasteiger partial charge in [0.15, 0.2) is 0 Å². The highest BCUT2D eigenvalue weighted by Crippen LogP contribution is 2.16. The first-order valence-corrected chi connectivity index (χ1v) is 5.17. The molecule has 3 nitrogen and oxygen atoms in total. The number of H-pyrrole nitrogens is 1. The van der Waals surface area contributed by atoms with Crippen molar-refractivity contribution in [1.29, 1.82) is 0 Å². The second-order valence-corrected chi connectivity index (χ2v) is 3.56. The predicted octanol–water partition coefficient (Wildman–Crippen LogP) is 2.79. The average Bonchev–Trinajstić information content (AvgIpc) is 2.98. The summed E-state index contributed by atoms with van der Waals surface area (Å²) in [6.07, 6.45) is 11.7. The summed E-state index contributed by atoms with van der Waals surface area (Å²) >= 11 is 0. The van der Waals surface area contributed by atoms with Crippen molar-refractivity contribution in [3.05, 3.63) is 60.2 Å². The van der Waals surface area contributed by atoms with E-state index in [1.54, 1.807) is 6.21 Å². The monoisotopic (exact) mass is 209 g/mol. The molecule has 3 rings (SSSR count). The molecule has 2 aromatic rings. The Kier molecular flexibility index (Phi) is 2.07. The molecule has 0 amide bonds. The summed E-state index contributed by atoms with van der Waals surface area (Å²) in [6.45, 7) is 0. The lowest BCUT2D eigenvalue weighted by molar-refractivity contribution is 1.01. The van der Waals surface area contributed by atoms with Crippen molar-refractivity contribution in [1.82, 2.24) is 9.55 Å².